The fraction of sp³-hybridized carbons (Fsp3) is 0.788. The molecule has 0 bridgehead atoms. The zero-order valence-electron chi connectivity index (χ0n) is 23.9. The number of hydrogen-bond acceptors (Lipinski definition) is 3. The van der Waals surface area contributed by atoms with Gasteiger partial charge in [-0.3, -0.25) is 4.79 Å². The van der Waals surface area contributed by atoms with Crippen molar-refractivity contribution >= 4 is 5.97 Å². The first-order chi connectivity index (χ1) is 17.7. The second-order valence-corrected chi connectivity index (χ2v) is 10.8. The van der Waals surface area contributed by atoms with Crippen LogP contribution >= 0.6 is 0 Å². The summed E-state index contributed by atoms with van der Waals surface area (Å²) in [6, 6.07) is 8.11. The minimum absolute atomic E-state index is 0.0860. The molecule has 1 aromatic carbocycles. The molecule has 0 saturated heterocycles. The second kappa shape index (κ2) is 24.0. The van der Waals surface area contributed by atoms with Crippen LogP contribution in [0.15, 0.2) is 24.3 Å². The fourth-order valence-corrected chi connectivity index (χ4v) is 4.85. The normalized spacial score (nSPS) is 12.1. The average molecular weight is 503 g/mol. The number of aryl methyl sites for hydroxylation is 1. The van der Waals surface area contributed by atoms with Crippen LogP contribution in [0, 0.1) is 0 Å². The quantitative estimate of drug-likeness (QED) is 0.0821. The predicted octanol–water partition coefficient (Wildman–Crippen LogP) is 10.1. The van der Waals surface area contributed by atoms with E-state index in [-0.39, 0.29) is 12.1 Å². The van der Waals surface area contributed by atoms with Crippen molar-refractivity contribution in [2.24, 2.45) is 0 Å². The summed E-state index contributed by atoms with van der Waals surface area (Å²) in [5.41, 5.74) is 1.28. The van der Waals surface area contributed by atoms with Gasteiger partial charge in [-0.25, -0.2) is 0 Å². The van der Waals surface area contributed by atoms with E-state index in [1.165, 1.54) is 115 Å². The first kappa shape index (κ1) is 32.7. The lowest BCUT2D eigenvalue weighted by atomic mass is 10.0. The molecule has 36 heavy (non-hydrogen) atoms. The van der Waals surface area contributed by atoms with Gasteiger partial charge in [0.1, 0.15) is 5.75 Å². The molecular formula is C33H58O3. The molecule has 0 aromatic heterocycles. The van der Waals surface area contributed by atoms with E-state index in [2.05, 4.69) is 19.9 Å². The van der Waals surface area contributed by atoms with Crippen molar-refractivity contribution in [1.82, 2.24) is 0 Å². The average Bonchev–Trinajstić information content (AvgIpc) is 2.88. The molecule has 0 saturated carbocycles. The Kier molecular flexibility index (Phi) is 21.8. The van der Waals surface area contributed by atoms with Gasteiger partial charge in [0.2, 0.25) is 0 Å². The third-order valence-electron chi connectivity index (χ3n) is 7.34. The van der Waals surface area contributed by atoms with E-state index in [1.54, 1.807) is 0 Å². The molecular weight excluding hydrogens is 444 g/mol. The zero-order valence-corrected chi connectivity index (χ0v) is 23.9. The summed E-state index contributed by atoms with van der Waals surface area (Å²) in [6.07, 6.45) is 27.6. The number of rotatable bonds is 25. The van der Waals surface area contributed by atoms with Crippen molar-refractivity contribution in [2.75, 3.05) is 0 Å². The van der Waals surface area contributed by atoms with Gasteiger partial charge in [0.15, 0.2) is 0 Å². The molecule has 3 heteroatoms. The molecule has 0 heterocycles. The van der Waals surface area contributed by atoms with Gasteiger partial charge >= 0.3 is 5.97 Å². The molecule has 1 atom stereocenters. The Labute approximate surface area is 223 Å². The standard InChI is InChI=1S/C33H58O3/c1-3-5-6-7-14-17-20-24-30-25-23-27-32(29-30)36-33(35)28-22-19-16-13-11-9-8-10-12-15-18-21-26-31(34)4-2/h23,25,27,29,31,34H,3-22,24,26,28H2,1-2H3. The number of aliphatic hydroxyl groups excluding tert-OH is 1. The SMILES string of the molecule is CCCCCCCCCc1cccc(OC(=O)CCCCCCCCCCCCCCC(O)CC)c1. The Hall–Kier alpha value is -1.35. The highest BCUT2D eigenvalue weighted by molar-refractivity contribution is 5.72. The molecule has 3 nitrogen and oxygen atoms in total. The number of carbonyl (C=O) groups is 1. The highest BCUT2D eigenvalue weighted by Crippen LogP contribution is 2.18. The molecule has 1 aromatic rings. The van der Waals surface area contributed by atoms with E-state index in [0.29, 0.717) is 12.2 Å². The van der Waals surface area contributed by atoms with E-state index in [0.717, 1.165) is 32.1 Å². The molecule has 0 aliphatic carbocycles. The topological polar surface area (TPSA) is 46.5 Å². The van der Waals surface area contributed by atoms with E-state index in [9.17, 15) is 9.90 Å². The lowest BCUT2D eigenvalue weighted by Gasteiger charge is -2.07. The van der Waals surface area contributed by atoms with Crippen molar-refractivity contribution in [3.05, 3.63) is 29.8 Å². The second-order valence-electron chi connectivity index (χ2n) is 10.8. The van der Waals surface area contributed by atoms with Crippen LogP contribution in [0.1, 0.15) is 161 Å². The maximum Gasteiger partial charge on any atom is 0.311 e. The van der Waals surface area contributed by atoms with E-state index in [4.69, 9.17) is 4.74 Å². The number of esters is 1. The van der Waals surface area contributed by atoms with Gasteiger partial charge in [0, 0.05) is 6.42 Å². The molecule has 1 N–H and O–H groups in total. The Bertz CT molecular complexity index is 627. The fourth-order valence-electron chi connectivity index (χ4n) is 4.85. The van der Waals surface area contributed by atoms with Crippen LogP contribution < -0.4 is 4.74 Å². The number of aliphatic hydroxyl groups is 1. The van der Waals surface area contributed by atoms with E-state index >= 15 is 0 Å². The van der Waals surface area contributed by atoms with Crippen LogP contribution in [0.3, 0.4) is 0 Å². The van der Waals surface area contributed by atoms with Crippen LogP contribution in [-0.4, -0.2) is 17.2 Å². The van der Waals surface area contributed by atoms with Gasteiger partial charge in [0.05, 0.1) is 6.10 Å². The third-order valence-corrected chi connectivity index (χ3v) is 7.34. The molecule has 0 spiro atoms. The van der Waals surface area contributed by atoms with Crippen molar-refractivity contribution in [1.29, 1.82) is 0 Å². The molecule has 208 valence electrons. The van der Waals surface area contributed by atoms with Crippen LogP contribution in [0.4, 0.5) is 0 Å². The Morgan fingerprint density at radius 2 is 1.25 bits per heavy atom. The summed E-state index contributed by atoms with van der Waals surface area (Å²) >= 11 is 0. The van der Waals surface area contributed by atoms with Gasteiger partial charge in [-0.1, -0.05) is 135 Å². The van der Waals surface area contributed by atoms with Gasteiger partial charge in [-0.15, -0.1) is 0 Å². The maximum atomic E-state index is 12.2. The Balaban J connectivity index is 1.95. The number of ether oxygens (including phenoxy) is 1. The summed E-state index contributed by atoms with van der Waals surface area (Å²) in [7, 11) is 0. The van der Waals surface area contributed by atoms with E-state index < -0.39 is 0 Å². The number of benzene rings is 1. The van der Waals surface area contributed by atoms with Crippen LogP contribution in [0.2, 0.25) is 0 Å². The first-order valence-corrected chi connectivity index (χ1v) is 15.6. The smallest absolute Gasteiger partial charge is 0.311 e. The number of unbranched alkanes of at least 4 members (excludes halogenated alkanes) is 17. The van der Waals surface area contributed by atoms with Crippen molar-refractivity contribution < 1.29 is 14.6 Å². The lowest BCUT2D eigenvalue weighted by Crippen LogP contribution is -2.07. The summed E-state index contributed by atoms with van der Waals surface area (Å²) in [6.45, 7) is 4.31. The maximum absolute atomic E-state index is 12.2. The summed E-state index contributed by atoms with van der Waals surface area (Å²) in [5, 5.41) is 9.56. The molecule has 1 rings (SSSR count). The molecule has 0 amide bonds. The Morgan fingerprint density at radius 1 is 0.722 bits per heavy atom. The highest BCUT2D eigenvalue weighted by atomic mass is 16.5. The molecule has 0 fully saturated rings. The van der Waals surface area contributed by atoms with Gasteiger partial charge < -0.3 is 9.84 Å². The largest absolute Gasteiger partial charge is 0.427 e. The molecule has 0 aliphatic rings. The summed E-state index contributed by atoms with van der Waals surface area (Å²) in [5.74, 6) is 0.617. The first-order valence-electron chi connectivity index (χ1n) is 15.6. The third kappa shape index (κ3) is 19.8. The predicted molar refractivity (Wildman–Crippen MR) is 155 cm³/mol. The van der Waals surface area contributed by atoms with Gasteiger partial charge in [-0.05, 0) is 49.8 Å². The Morgan fingerprint density at radius 3 is 1.83 bits per heavy atom. The van der Waals surface area contributed by atoms with Crippen molar-refractivity contribution in [3.63, 3.8) is 0 Å². The van der Waals surface area contributed by atoms with Crippen molar-refractivity contribution in [3.8, 4) is 5.75 Å². The van der Waals surface area contributed by atoms with Crippen molar-refractivity contribution in [2.45, 2.75) is 168 Å². The summed E-state index contributed by atoms with van der Waals surface area (Å²) < 4.78 is 5.60. The molecule has 0 radical (unpaired) electrons. The minimum Gasteiger partial charge on any atom is -0.427 e. The van der Waals surface area contributed by atoms with Crippen LogP contribution in [-0.2, 0) is 11.2 Å². The lowest BCUT2D eigenvalue weighted by molar-refractivity contribution is -0.134. The van der Waals surface area contributed by atoms with Crippen LogP contribution in [0.25, 0.3) is 0 Å². The minimum atomic E-state index is -0.0905. The number of carbonyl (C=O) groups excluding carboxylic acids is 1. The van der Waals surface area contributed by atoms with Gasteiger partial charge in [-0.2, -0.15) is 0 Å². The zero-order chi connectivity index (χ0) is 26.1. The van der Waals surface area contributed by atoms with Crippen LogP contribution in [0.5, 0.6) is 5.75 Å². The van der Waals surface area contributed by atoms with Gasteiger partial charge in [0.25, 0.3) is 0 Å². The number of hydrogen-bond donors (Lipinski definition) is 1. The molecule has 0 aliphatic heterocycles. The monoisotopic (exact) mass is 502 g/mol. The highest BCUT2D eigenvalue weighted by Gasteiger charge is 2.06. The van der Waals surface area contributed by atoms with E-state index in [1.807, 2.05) is 18.2 Å². The molecule has 1 unspecified atom stereocenters. The summed E-state index contributed by atoms with van der Waals surface area (Å²) in [4.78, 5) is 12.2.